The molecule has 0 amide bonds. The van der Waals surface area contributed by atoms with Crippen molar-refractivity contribution < 1.29 is 0 Å². The van der Waals surface area contributed by atoms with Crippen LogP contribution in [0.15, 0.2) is 52.2 Å². The number of nitrogens with one attached hydrogen (secondary N) is 1. The summed E-state index contributed by atoms with van der Waals surface area (Å²) >= 11 is 1.98. The van der Waals surface area contributed by atoms with Crippen LogP contribution < -0.4 is 5.56 Å². The lowest BCUT2D eigenvalue weighted by atomic mass is 9.96. The molecule has 0 radical (unpaired) electrons. The van der Waals surface area contributed by atoms with E-state index >= 15 is 0 Å². The van der Waals surface area contributed by atoms with Crippen molar-refractivity contribution in [3.8, 4) is 0 Å². The Kier molecular flexibility index (Phi) is 6.07. The number of aryl methyl sites for hydroxylation is 1. The third kappa shape index (κ3) is 4.44. The molecule has 0 atom stereocenters. The second-order valence-corrected chi connectivity index (χ2v) is 9.50. The van der Waals surface area contributed by atoms with Crippen LogP contribution in [-0.4, -0.2) is 34.8 Å². The van der Waals surface area contributed by atoms with E-state index in [0.717, 1.165) is 17.8 Å². The van der Waals surface area contributed by atoms with Gasteiger partial charge in [0.1, 0.15) is 0 Å². The number of thioether (sulfide) groups is 1. The molecule has 1 saturated carbocycles. The maximum atomic E-state index is 12.2. The van der Waals surface area contributed by atoms with Gasteiger partial charge in [-0.15, -0.1) is 11.8 Å². The predicted octanol–water partition coefficient (Wildman–Crippen LogP) is 5.10. The lowest BCUT2D eigenvalue weighted by Crippen LogP contribution is -2.48. The van der Waals surface area contributed by atoms with Crippen molar-refractivity contribution in [1.29, 1.82) is 0 Å². The van der Waals surface area contributed by atoms with E-state index in [2.05, 4.69) is 47.1 Å². The van der Waals surface area contributed by atoms with Gasteiger partial charge in [-0.25, -0.2) is 0 Å². The maximum absolute atomic E-state index is 12.2. The molecule has 3 nitrogen and oxygen atoms in total. The van der Waals surface area contributed by atoms with E-state index < -0.39 is 0 Å². The summed E-state index contributed by atoms with van der Waals surface area (Å²) in [5.41, 5.74) is 4.06. The van der Waals surface area contributed by atoms with Gasteiger partial charge in [-0.2, -0.15) is 0 Å². The van der Waals surface area contributed by atoms with Crippen LogP contribution in [0.25, 0.3) is 5.57 Å². The molecule has 4 heteroatoms. The average molecular weight is 395 g/mol. The fourth-order valence-corrected chi connectivity index (χ4v) is 5.41. The molecule has 148 valence electrons. The van der Waals surface area contributed by atoms with Crippen LogP contribution >= 0.6 is 11.8 Å². The molecule has 0 spiro atoms. The Bertz CT molecular complexity index is 888. The summed E-state index contributed by atoms with van der Waals surface area (Å²) in [6.07, 6.45) is 7.52. The molecule has 2 fully saturated rings. The minimum Gasteiger partial charge on any atom is -0.322 e. The number of likely N-dealkylation sites (tertiary alicyclic amines) is 1. The lowest BCUT2D eigenvalue weighted by Gasteiger charge is -2.37. The summed E-state index contributed by atoms with van der Waals surface area (Å²) in [4.78, 5) is 19.1. The van der Waals surface area contributed by atoms with Gasteiger partial charge >= 0.3 is 0 Å². The number of benzene rings is 1. The molecule has 1 N–H and O–H groups in total. The number of aromatic amines is 1. The van der Waals surface area contributed by atoms with Crippen LogP contribution in [0.4, 0.5) is 0 Å². The van der Waals surface area contributed by atoms with E-state index in [1.165, 1.54) is 54.8 Å². The molecular formula is C24H30N2OS. The fourth-order valence-electron chi connectivity index (χ4n) is 4.17. The van der Waals surface area contributed by atoms with Crippen molar-refractivity contribution in [2.24, 2.45) is 5.92 Å². The number of allylic oxidation sites excluding steroid dienone is 1. The highest BCUT2D eigenvalue weighted by Gasteiger charge is 2.25. The minimum atomic E-state index is 0.00691. The largest absolute Gasteiger partial charge is 0.322 e. The van der Waals surface area contributed by atoms with E-state index in [1.807, 2.05) is 30.8 Å². The van der Waals surface area contributed by atoms with Gasteiger partial charge in [-0.05, 0) is 56.0 Å². The number of hydrogen-bond acceptors (Lipinski definition) is 3. The van der Waals surface area contributed by atoms with Crippen LogP contribution in [0, 0.1) is 12.8 Å². The SMILES string of the molecule is CCN1CC(Sc2ccc(/C(=C\C3CCCC3)c3ccc(C)c(=O)[nH]3)cc2)C1. The Morgan fingerprint density at radius 1 is 1.14 bits per heavy atom. The molecule has 1 aromatic heterocycles. The van der Waals surface area contributed by atoms with E-state index in [0.29, 0.717) is 11.2 Å². The summed E-state index contributed by atoms with van der Waals surface area (Å²) in [5, 5.41) is 0.716. The normalized spacial score (nSPS) is 19.1. The molecule has 0 unspecified atom stereocenters. The molecule has 2 aromatic rings. The molecule has 0 bridgehead atoms. The van der Waals surface area contributed by atoms with Crippen LogP contribution in [0.1, 0.15) is 49.4 Å². The van der Waals surface area contributed by atoms with E-state index in [-0.39, 0.29) is 5.56 Å². The number of hydrogen-bond donors (Lipinski definition) is 1. The van der Waals surface area contributed by atoms with Crippen LogP contribution in [-0.2, 0) is 0 Å². The van der Waals surface area contributed by atoms with Crippen molar-refractivity contribution in [3.05, 3.63) is 69.6 Å². The van der Waals surface area contributed by atoms with Crippen molar-refractivity contribution in [1.82, 2.24) is 9.88 Å². The maximum Gasteiger partial charge on any atom is 0.251 e. The van der Waals surface area contributed by atoms with E-state index in [1.54, 1.807) is 0 Å². The molecule has 2 aliphatic rings. The minimum absolute atomic E-state index is 0.00691. The number of H-pyrrole nitrogens is 1. The van der Waals surface area contributed by atoms with Gasteiger partial charge in [0.05, 0.1) is 0 Å². The van der Waals surface area contributed by atoms with E-state index in [9.17, 15) is 4.79 Å². The second kappa shape index (κ2) is 8.71. The number of nitrogens with zero attached hydrogens (tertiary/aromatic N) is 1. The zero-order valence-electron chi connectivity index (χ0n) is 16.9. The average Bonchev–Trinajstić information content (AvgIpc) is 3.19. The van der Waals surface area contributed by atoms with Gasteiger partial charge in [0.15, 0.2) is 0 Å². The summed E-state index contributed by atoms with van der Waals surface area (Å²) in [7, 11) is 0. The van der Waals surface area contributed by atoms with Gasteiger partial charge < -0.3 is 9.88 Å². The molecule has 1 aliphatic heterocycles. The Labute approximate surface area is 172 Å². The first-order chi connectivity index (χ1) is 13.6. The third-order valence-electron chi connectivity index (χ3n) is 6.04. The number of pyridine rings is 1. The summed E-state index contributed by atoms with van der Waals surface area (Å²) < 4.78 is 0. The Morgan fingerprint density at radius 3 is 2.50 bits per heavy atom. The Balaban J connectivity index is 1.57. The van der Waals surface area contributed by atoms with Crippen molar-refractivity contribution in [2.45, 2.75) is 49.7 Å². The third-order valence-corrected chi connectivity index (χ3v) is 7.21. The first-order valence-corrected chi connectivity index (χ1v) is 11.4. The highest BCUT2D eigenvalue weighted by atomic mass is 32.2. The van der Waals surface area contributed by atoms with Gasteiger partial charge in [0, 0.05) is 40.1 Å². The molecule has 1 aliphatic carbocycles. The monoisotopic (exact) mass is 394 g/mol. The Hall–Kier alpha value is -1.78. The van der Waals surface area contributed by atoms with Gasteiger partial charge in [-0.3, -0.25) is 4.79 Å². The predicted molar refractivity (Wildman–Crippen MR) is 119 cm³/mol. The number of aromatic nitrogens is 1. The van der Waals surface area contributed by atoms with Crippen LogP contribution in [0.3, 0.4) is 0 Å². The Morgan fingerprint density at radius 2 is 1.86 bits per heavy atom. The highest BCUT2D eigenvalue weighted by molar-refractivity contribution is 8.00. The first kappa shape index (κ1) is 19.5. The molecule has 28 heavy (non-hydrogen) atoms. The van der Waals surface area contributed by atoms with Crippen LogP contribution in [0.5, 0.6) is 0 Å². The quantitative estimate of drug-likeness (QED) is 0.740. The molecule has 1 saturated heterocycles. The first-order valence-electron chi connectivity index (χ1n) is 10.5. The smallest absolute Gasteiger partial charge is 0.251 e. The molecule has 4 rings (SSSR count). The second-order valence-electron chi connectivity index (χ2n) is 8.13. The number of rotatable bonds is 6. The zero-order chi connectivity index (χ0) is 19.5. The highest BCUT2D eigenvalue weighted by Crippen LogP contribution is 2.34. The lowest BCUT2D eigenvalue weighted by molar-refractivity contribution is 0.201. The standard InChI is InChI=1S/C24H30N2OS/c1-3-26-15-21(16-26)28-20-11-9-19(10-12-20)22(14-18-6-4-5-7-18)23-13-8-17(2)24(27)25-23/h8-14,18,21H,3-7,15-16H2,1-2H3,(H,25,27)/b22-14+. The summed E-state index contributed by atoms with van der Waals surface area (Å²) in [5.74, 6) is 0.615. The van der Waals surface area contributed by atoms with Gasteiger partial charge in [0.25, 0.3) is 5.56 Å². The topological polar surface area (TPSA) is 36.1 Å². The van der Waals surface area contributed by atoms with Crippen molar-refractivity contribution >= 4 is 17.3 Å². The fraction of sp³-hybridized carbons (Fsp3) is 0.458. The zero-order valence-corrected chi connectivity index (χ0v) is 17.7. The summed E-state index contributed by atoms with van der Waals surface area (Å²) in [6.45, 7) is 7.62. The van der Waals surface area contributed by atoms with Crippen LogP contribution in [0.2, 0.25) is 0 Å². The van der Waals surface area contributed by atoms with Crippen molar-refractivity contribution in [3.63, 3.8) is 0 Å². The van der Waals surface area contributed by atoms with Gasteiger partial charge in [-0.1, -0.05) is 44.0 Å². The van der Waals surface area contributed by atoms with Crippen molar-refractivity contribution in [2.75, 3.05) is 19.6 Å². The molecular weight excluding hydrogens is 364 g/mol. The van der Waals surface area contributed by atoms with Gasteiger partial charge in [0.2, 0.25) is 0 Å². The molecule has 1 aromatic carbocycles. The summed E-state index contributed by atoms with van der Waals surface area (Å²) in [6, 6.07) is 12.9. The molecule has 2 heterocycles. The van der Waals surface area contributed by atoms with E-state index in [4.69, 9.17) is 0 Å².